The highest BCUT2D eigenvalue weighted by Gasteiger charge is 2.59. The molecule has 0 unspecified atom stereocenters. The molecular weight excluding hydrogens is 395 g/mol. The van der Waals surface area contributed by atoms with Gasteiger partial charge in [0.2, 0.25) is 11.8 Å². The van der Waals surface area contributed by atoms with Gasteiger partial charge in [0.25, 0.3) is 0 Å². The number of amides is 2. The minimum absolute atomic E-state index is 0.0755. The van der Waals surface area contributed by atoms with Crippen molar-refractivity contribution in [1.29, 1.82) is 0 Å². The number of halogens is 3. The molecule has 1 aromatic rings. The Labute approximate surface area is 150 Å². The molecule has 5 N–H and O–H groups in total. The number of carboxylic acid groups (broad SMARTS) is 1. The molecule has 2 amide bonds. The van der Waals surface area contributed by atoms with Crippen molar-refractivity contribution in [1.82, 2.24) is 5.32 Å². The number of hydrogen-bond acceptors (Lipinski definition) is 6. The van der Waals surface area contributed by atoms with Gasteiger partial charge >= 0.3 is 12.1 Å². The van der Waals surface area contributed by atoms with Crippen LogP contribution in [0.1, 0.15) is 6.42 Å². The predicted octanol–water partition coefficient (Wildman–Crippen LogP) is -0.368. The molecule has 2 aliphatic rings. The largest absolute Gasteiger partial charge is 0.490 e. The lowest BCUT2D eigenvalue weighted by molar-refractivity contribution is -0.192. The van der Waals surface area contributed by atoms with Crippen LogP contribution in [0.3, 0.4) is 0 Å². The minimum Gasteiger partial charge on any atom is -0.475 e. The zero-order valence-corrected chi connectivity index (χ0v) is 14.2. The summed E-state index contributed by atoms with van der Waals surface area (Å²) >= 11 is 0. The van der Waals surface area contributed by atoms with Crippen LogP contribution < -0.4 is 16.4 Å². The Bertz CT molecular complexity index is 902. The van der Waals surface area contributed by atoms with Crippen LogP contribution in [0.4, 0.5) is 18.9 Å². The number of carboxylic acids is 1. The molecule has 0 radical (unpaired) electrons. The number of anilines is 1. The number of carbonyl (C=O) groups is 3. The molecule has 27 heavy (non-hydrogen) atoms. The van der Waals surface area contributed by atoms with Crippen molar-refractivity contribution >= 4 is 33.3 Å². The van der Waals surface area contributed by atoms with Crippen molar-refractivity contribution in [2.45, 2.75) is 28.3 Å². The average molecular weight is 409 g/mol. The van der Waals surface area contributed by atoms with E-state index >= 15 is 0 Å². The van der Waals surface area contributed by atoms with Crippen molar-refractivity contribution < 1.29 is 41.1 Å². The van der Waals surface area contributed by atoms with Crippen LogP contribution in [0, 0.1) is 0 Å². The standard InChI is InChI=1S/C12H13N3O4S.C2HF3O2/c13-10(16)8-5-12(6-14-8)11(17)15-7-3-1-2-4-9(7)20(12,18)19;3-2(4,5)1(6)7/h1-4,8,14H,5-6H2,(H2,13,16)(H,15,17);(H,6,7)/t8-,12+;/m0./s1. The monoisotopic (exact) mass is 409 g/mol. The van der Waals surface area contributed by atoms with Gasteiger partial charge in [-0.15, -0.1) is 0 Å². The number of benzene rings is 1. The molecule has 1 fully saturated rings. The Balaban J connectivity index is 0.000000321. The van der Waals surface area contributed by atoms with Gasteiger partial charge in [0.15, 0.2) is 14.6 Å². The van der Waals surface area contributed by atoms with E-state index in [0.29, 0.717) is 0 Å². The molecule has 148 valence electrons. The fourth-order valence-electron chi connectivity index (χ4n) is 2.71. The molecule has 13 heteroatoms. The van der Waals surface area contributed by atoms with Crippen molar-refractivity contribution in [3.63, 3.8) is 0 Å². The van der Waals surface area contributed by atoms with E-state index in [1.54, 1.807) is 12.1 Å². The van der Waals surface area contributed by atoms with Crippen LogP contribution in [0.15, 0.2) is 29.2 Å². The fourth-order valence-corrected chi connectivity index (χ4v) is 4.76. The lowest BCUT2D eigenvalue weighted by Crippen LogP contribution is -2.54. The second-order valence-corrected chi connectivity index (χ2v) is 8.02. The fraction of sp³-hybridized carbons (Fsp3) is 0.357. The van der Waals surface area contributed by atoms with Crippen LogP contribution in [0.5, 0.6) is 0 Å². The van der Waals surface area contributed by atoms with Crippen molar-refractivity contribution in [3.8, 4) is 0 Å². The van der Waals surface area contributed by atoms with Gasteiger partial charge in [0.05, 0.1) is 16.6 Å². The van der Waals surface area contributed by atoms with Crippen LogP contribution in [0.2, 0.25) is 0 Å². The molecule has 2 aliphatic heterocycles. The summed E-state index contributed by atoms with van der Waals surface area (Å²) in [5.74, 6) is -4.04. The Hall–Kier alpha value is -2.67. The number of sulfone groups is 1. The van der Waals surface area contributed by atoms with E-state index in [2.05, 4.69) is 10.6 Å². The second-order valence-electron chi connectivity index (χ2n) is 5.79. The topological polar surface area (TPSA) is 156 Å². The number of rotatable bonds is 1. The molecule has 1 spiro atoms. The van der Waals surface area contributed by atoms with Crippen LogP contribution in [-0.4, -0.2) is 54.8 Å². The number of fused-ring (bicyclic) bond motifs is 1. The second kappa shape index (κ2) is 6.81. The zero-order chi connectivity index (χ0) is 20.6. The summed E-state index contributed by atoms with van der Waals surface area (Å²) in [6, 6.07) is 5.40. The maximum atomic E-state index is 12.8. The summed E-state index contributed by atoms with van der Waals surface area (Å²) in [6.07, 6.45) is -5.23. The third kappa shape index (κ3) is 3.60. The SMILES string of the molecule is NC(=O)[C@@H]1C[C@@]2(CN1)C(=O)Nc1ccccc1S2(=O)=O.O=C(O)C(F)(F)F. The van der Waals surface area contributed by atoms with Gasteiger partial charge in [-0.2, -0.15) is 13.2 Å². The Morgan fingerprint density at radius 2 is 1.81 bits per heavy atom. The van der Waals surface area contributed by atoms with Gasteiger partial charge in [-0.05, 0) is 12.1 Å². The van der Waals surface area contributed by atoms with Crippen molar-refractivity contribution in [2.75, 3.05) is 11.9 Å². The van der Waals surface area contributed by atoms with Crippen molar-refractivity contribution in [3.05, 3.63) is 24.3 Å². The summed E-state index contributed by atoms with van der Waals surface area (Å²) in [7, 11) is -3.88. The summed E-state index contributed by atoms with van der Waals surface area (Å²) in [4.78, 5) is 32.5. The molecule has 0 aliphatic carbocycles. The zero-order valence-electron chi connectivity index (χ0n) is 13.4. The van der Waals surface area contributed by atoms with Crippen LogP contribution in [-0.2, 0) is 24.2 Å². The number of carbonyl (C=O) groups excluding carboxylic acids is 2. The minimum atomic E-state index is -5.08. The highest BCUT2D eigenvalue weighted by Crippen LogP contribution is 2.41. The van der Waals surface area contributed by atoms with Gasteiger partial charge in [-0.3, -0.25) is 9.59 Å². The number of nitrogens with one attached hydrogen (secondary N) is 2. The highest BCUT2D eigenvalue weighted by molar-refractivity contribution is 7.94. The van der Waals surface area contributed by atoms with Gasteiger partial charge in [0, 0.05) is 13.0 Å². The smallest absolute Gasteiger partial charge is 0.475 e. The first-order valence-corrected chi connectivity index (χ1v) is 8.79. The maximum Gasteiger partial charge on any atom is 0.490 e. The summed E-state index contributed by atoms with van der Waals surface area (Å²) < 4.78 is 55.6. The highest BCUT2D eigenvalue weighted by atomic mass is 32.2. The Morgan fingerprint density at radius 3 is 2.30 bits per heavy atom. The quantitative estimate of drug-likeness (QED) is 0.493. The van der Waals surface area contributed by atoms with E-state index < -0.39 is 44.6 Å². The first kappa shape index (κ1) is 20.6. The third-order valence-electron chi connectivity index (χ3n) is 4.11. The molecule has 0 saturated carbocycles. The first-order valence-electron chi connectivity index (χ1n) is 7.31. The number of nitrogens with two attached hydrogens (primary N) is 1. The molecule has 1 saturated heterocycles. The predicted molar refractivity (Wildman–Crippen MR) is 84.3 cm³/mol. The Morgan fingerprint density at radius 1 is 1.26 bits per heavy atom. The molecule has 3 rings (SSSR count). The van der Waals surface area contributed by atoms with Crippen LogP contribution in [0.25, 0.3) is 0 Å². The lowest BCUT2D eigenvalue weighted by Gasteiger charge is -2.32. The van der Waals surface area contributed by atoms with E-state index in [1.165, 1.54) is 12.1 Å². The molecule has 2 atom stereocenters. The summed E-state index contributed by atoms with van der Waals surface area (Å²) in [5, 5.41) is 12.4. The maximum absolute atomic E-state index is 12.8. The number of para-hydroxylation sites is 1. The third-order valence-corrected chi connectivity index (χ3v) is 6.57. The average Bonchev–Trinajstić information content (AvgIpc) is 3.01. The Kier molecular flexibility index (Phi) is 5.21. The number of primary amides is 1. The van der Waals surface area contributed by atoms with E-state index in [0.717, 1.165) is 0 Å². The van der Waals surface area contributed by atoms with Crippen LogP contribution >= 0.6 is 0 Å². The lowest BCUT2D eigenvalue weighted by atomic mass is 10.0. The number of hydrogen-bond donors (Lipinski definition) is 4. The van der Waals surface area contributed by atoms with E-state index in [1.807, 2.05) is 0 Å². The molecule has 9 nitrogen and oxygen atoms in total. The van der Waals surface area contributed by atoms with E-state index in [-0.39, 0.29) is 23.5 Å². The molecule has 0 aromatic heterocycles. The number of alkyl halides is 3. The first-order chi connectivity index (χ1) is 12.3. The normalized spacial score (nSPS) is 25.7. The van der Waals surface area contributed by atoms with Crippen molar-refractivity contribution in [2.24, 2.45) is 5.73 Å². The van der Waals surface area contributed by atoms with Gasteiger partial charge in [0.1, 0.15) is 0 Å². The van der Waals surface area contributed by atoms with Gasteiger partial charge < -0.3 is 21.5 Å². The molecule has 2 heterocycles. The molecule has 0 bridgehead atoms. The summed E-state index contributed by atoms with van der Waals surface area (Å²) in [5.41, 5.74) is 5.46. The van der Waals surface area contributed by atoms with E-state index in [9.17, 15) is 31.2 Å². The van der Waals surface area contributed by atoms with Gasteiger partial charge in [-0.1, -0.05) is 12.1 Å². The number of aliphatic carboxylic acids is 1. The van der Waals surface area contributed by atoms with E-state index in [4.69, 9.17) is 15.6 Å². The molecular formula is C14H14F3N3O6S. The molecule has 1 aromatic carbocycles. The summed E-state index contributed by atoms with van der Waals surface area (Å²) in [6.45, 7) is -0.122. The van der Waals surface area contributed by atoms with Gasteiger partial charge in [-0.25, -0.2) is 13.2 Å².